The van der Waals surface area contributed by atoms with Gasteiger partial charge in [0.15, 0.2) is 0 Å². The van der Waals surface area contributed by atoms with Crippen LogP contribution in [0.5, 0.6) is 0 Å². The number of hydrogen-bond donors (Lipinski definition) is 3. The summed E-state index contributed by atoms with van der Waals surface area (Å²) in [5.41, 5.74) is 5.15. The molecule has 1 fully saturated rings. The van der Waals surface area contributed by atoms with Crippen LogP contribution >= 0.6 is 11.8 Å². The van der Waals surface area contributed by atoms with Crippen molar-refractivity contribution in [3.05, 3.63) is 0 Å². The number of carbonyl (C=O) groups excluding carboxylic acids is 1. The number of aliphatic hydroxyl groups is 1. The number of amides is 1. The summed E-state index contributed by atoms with van der Waals surface area (Å²) in [6.45, 7) is 4.34. The number of rotatable bonds is 8. The molecule has 0 spiro atoms. The maximum absolute atomic E-state index is 11.9. The van der Waals surface area contributed by atoms with E-state index < -0.39 is 5.54 Å². The van der Waals surface area contributed by atoms with Gasteiger partial charge in [-0.3, -0.25) is 4.79 Å². The first-order chi connectivity index (χ1) is 8.53. The average molecular weight is 274 g/mol. The molecule has 0 bridgehead atoms. The molecule has 1 aliphatic rings. The van der Waals surface area contributed by atoms with Gasteiger partial charge in [0.1, 0.15) is 5.54 Å². The van der Waals surface area contributed by atoms with E-state index in [4.69, 9.17) is 10.8 Å². The molecule has 0 aliphatic heterocycles. The van der Waals surface area contributed by atoms with E-state index >= 15 is 0 Å². The average Bonchev–Trinajstić information content (AvgIpc) is 2.68. The number of carbonyl (C=O) groups is 1. The summed E-state index contributed by atoms with van der Waals surface area (Å²) < 4.78 is 0. The Morgan fingerprint density at radius 3 is 2.83 bits per heavy atom. The first-order valence-corrected chi connectivity index (χ1v) is 7.94. The van der Waals surface area contributed by atoms with Gasteiger partial charge in [0.2, 0.25) is 5.91 Å². The van der Waals surface area contributed by atoms with E-state index in [2.05, 4.69) is 19.2 Å². The second-order valence-electron chi connectivity index (χ2n) is 5.35. The van der Waals surface area contributed by atoms with E-state index in [1.165, 1.54) is 0 Å². The Labute approximate surface area is 114 Å². The van der Waals surface area contributed by atoms with Gasteiger partial charge in [0.25, 0.3) is 0 Å². The van der Waals surface area contributed by atoms with Crippen LogP contribution in [0.3, 0.4) is 0 Å². The zero-order chi connectivity index (χ0) is 13.6. The summed E-state index contributed by atoms with van der Waals surface area (Å²) in [5.74, 6) is 1.89. The highest BCUT2D eigenvalue weighted by molar-refractivity contribution is 7.99. The Balaban J connectivity index is 2.60. The van der Waals surface area contributed by atoms with E-state index in [0.29, 0.717) is 5.92 Å². The molecule has 4 nitrogen and oxygen atoms in total. The molecule has 18 heavy (non-hydrogen) atoms. The third-order valence-electron chi connectivity index (χ3n) is 3.65. The van der Waals surface area contributed by atoms with Crippen LogP contribution in [-0.2, 0) is 4.79 Å². The minimum atomic E-state index is -0.506. The molecular weight excluding hydrogens is 248 g/mol. The number of aliphatic hydroxyl groups excluding tert-OH is 1. The Morgan fingerprint density at radius 1 is 1.56 bits per heavy atom. The predicted octanol–water partition coefficient (Wildman–Crippen LogP) is 1.12. The highest BCUT2D eigenvalue weighted by Crippen LogP contribution is 2.38. The minimum absolute atomic E-state index is 0.203. The lowest BCUT2D eigenvalue weighted by Gasteiger charge is -2.35. The fourth-order valence-electron chi connectivity index (χ4n) is 2.96. The maximum atomic E-state index is 11.9. The zero-order valence-corrected chi connectivity index (χ0v) is 12.3. The van der Waals surface area contributed by atoms with E-state index in [0.717, 1.165) is 37.2 Å². The maximum Gasteiger partial charge on any atom is 0.238 e. The molecule has 0 heterocycles. The van der Waals surface area contributed by atoms with Crippen molar-refractivity contribution in [3.8, 4) is 0 Å². The van der Waals surface area contributed by atoms with Gasteiger partial charge in [0, 0.05) is 11.8 Å². The third kappa shape index (κ3) is 3.87. The Hall–Kier alpha value is -0.260. The number of nitrogens with one attached hydrogen (secondary N) is 1. The standard InChI is InChI=1S/C13H26N2O2S/c1-10(2)15-13(12(14)17)6-3-4-11(13)5-8-18-9-7-16/h10-11,15-16H,3-9H2,1-2H3,(H2,14,17). The highest BCUT2D eigenvalue weighted by atomic mass is 32.2. The van der Waals surface area contributed by atoms with Crippen LogP contribution in [0.1, 0.15) is 39.5 Å². The topological polar surface area (TPSA) is 75.3 Å². The molecule has 2 atom stereocenters. The molecular formula is C13H26N2O2S. The van der Waals surface area contributed by atoms with Crippen molar-refractivity contribution in [3.63, 3.8) is 0 Å². The minimum Gasteiger partial charge on any atom is -0.396 e. The van der Waals surface area contributed by atoms with Crippen LogP contribution in [-0.4, -0.2) is 40.7 Å². The number of nitrogens with two attached hydrogens (primary N) is 1. The highest BCUT2D eigenvalue weighted by Gasteiger charge is 2.47. The molecule has 0 saturated heterocycles. The summed E-state index contributed by atoms with van der Waals surface area (Å²) in [6, 6.07) is 0.267. The summed E-state index contributed by atoms with van der Waals surface area (Å²) in [4.78, 5) is 11.9. The molecule has 1 saturated carbocycles. The van der Waals surface area contributed by atoms with Crippen molar-refractivity contribution in [1.82, 2.24) is 5.32 Å². The van der Waals surface area contributed by atoms with Gasteiger partial charge in [-0.1, -0.05) is 6.42 Å². The monoisotopic (exact) mass is 274 g/mol. The van der Waals surface area contributed by atoms with E-state index in [-0.39, 0.29) is 18.6 Å². The molecule has 0 aromatic rings. The summed E-state index contributed by atoms with van der Waals surface area (Å²) >= 11 is 1.74. The summed E-state index contributed by atoms with van der Waals surface area (Å²) in [5, 5.41) is 12.2. The zero-order valence-electron chi connectivity index (χ0n) is 11.4. The number of hydrogen-bond acceptors (Lipinski definition) is 4. The Bertz CT molecular complexity index is 274. The molecule has 0 radical (unpaired) electrons. The van der Waals surface area contributed by atoms with Gasteiger partial charge in [-0.2, -0.15) is 11.8 Å². The van der Waals surface area contributed by atoms with E-state index in [1.54, 1.807) is 11.8 Å². The fraction of sp³-hybridized carbons (Fsp3) is 0.923. The van der Waals surface area contributed by atoms with Gasteiger partial charge < -0.3 is 16.2 Å². The van der Waals surface area contributed by atoms with Crippen LogP contribution < -0.4 is 11.1 Å². The SMILES string of the molecule is CC(C)NC1(C(N)=O)CCCC1CCSCCO. The Kier molecular flexibility index (Phi) is 6.46. The fourth-order valence-corrected chi connectivity index (χ4v) is 3.75. The van der Waals surface area contributed by atoms with Crippen molar-refractivity contribution in [1.29, 1.82) is 0 Å². The van der Waals surface area contributed by atoms with Crippen molar-refractivity contribution < 1.29 is 9.90 Å². The van der Waals surface area contributed by atoms with Gasteiger partial charge in [-0.15, -0.1) is 0 Å². The van der Waals surface area contributed by atoms with Crippen LogP contribution in [0.4, 0.5) is 0 Å². The Morgan fingerprint density at radius 2 is 2.28 bits per heavy atom. The first kappa shape index (κ1) is 15.8. The molecule has 0 aromatic carbocycles. The van der Waals surface area contributed by atoms with Crippen LogP contribution in [0, 0.1) is 5.92 Å². The predicted molar refractivity (Wildman–Crippen MR) is 76.6 cm³/mol. The number of primary amides is 1. The van der Waals surface area contributed by atoms with Crippen LogP contribution in [0.25, 0.3) is 0 Å². The molecule has 0 aromatic heterocycles. The molecule has 1 amide bonds. The summed E-state index contributed by atoms with van der Waals surface area (Å²) in [7, 11) is 0. The second kappa shape index (κ2) is 7.36. The largest absolute Gasteiger partial charge is 0.396 e. The van der Waals surface area contributed by atoms with Gasteiger partial charge in [0.05, 0.1) is 6.61 Å². The molecule has 5 heteroatoms. The molecule has 1 aliphatic carbocycles. The van der Waals surface area contributed by atoms with Crippen molar-refractivity contribution in [2.75, 3.05) is 18.1 Å². The third-order valence-corrected chi connectivity index (χ3v) is 4.65. The molecule has 1 rings (SSSR count). The molecule has 106 valence electrons. The lowest BCUT2D eigenvalue weighted by molar-refractivity contribution is -0.126. The van der Waals surface area contributed by atoms with Crippen molar-refractivity contribution in [2.45, 2.75) is 51.1 Å². The summed E-state index contributed by atoms with van der Waals surface area (Å²) in [6.07, 6.45) is 3.99. The lowest BCUT2D eigenvalue weighted by atomic mass is 9.83. The lowest BCUT2D eigenvalue weighted by Crippen LogP contribution is -2.60. The van der Waals surface area contributed by atoms with E-state index in [1.807, 2.05) is 0 Å². The van der Waals surface area contributed by atoms with Crippen LogP contribution in [0.2, 0.25) is 0 Å². The van der Waals surface area contributed by atoms with Gasteiger partial charge in [-0.25, -0.2) is 0 Å². The van der Waals surface area contributed by atoms with Crippen molar-refractivity contribution >= 4 is 17.7 Å². The van der Waals surface area contributed by atoms with Crippen molar-refractivity contribution in [2.24, 2.45) is 11.7 Å². The molecule has 2 unspecified atom stereocenters. The number of thioether (sulfide) groups is 1. The second-order valence-corrected chi connectivity index (χ2v) is 6.57. The molecule has 4 N–H and O–H groups in total. The quantitative estimate of drug-likeness (QED) is 0.580. The van der Waals surface area contributed by atoms with Crippen LogP contribution in [0.15, 0.2) is 0 Å². The first-order valence-electron chi connectivity index (χ1n) is 6.79. The van der Waals surface area contributed by atoms with E-state index in [9.17, 15) is 4.79 Å². The smallest absolute Gasteiger partial charge is 0.238 e. The van der Waals surface area contributed by atoms with Gasteiger partial charge >= 0.3 is 0 Å². The normalized spacial score (nSPS) is 27.9. The van der Waals surface area contributed by atoms with Gasteiger partial charge in [-0.05, 0) is 44.8 Å².